The Hall–Kier alpha value is -2.14. The number of esters is 1. The summed E-state index contributed by atoms with van der Waals surface area (Å²) >= 11 is 0. The van der Waals surface area contributed by atoms with Gasteiger partial charge in [0, 0.05) is 0 Å². The highest BCUT2D eigenvalue weighted by Gasteiger charge is 2.33. The van der Waals surface area contributed by atoms with Crippen LogP contribution in [0.5, 0.6) is 0 Å². The maximum absolute atomic E-state index is 12.6. The van der Waals surface area contributed by atoms with Crippen LogP contribution < -0.4 is 0 Å². The first-order chi connectivity index (χ1) is 8.31. The van der Waals surface area contributed by atoms with Gasteiger partial charge in [-0.05, 0) is 24.6 Å². The highest BCUT2D eigenvalue weighted by Crippen LogP contribution is 2.36. The Bertz CT molecular complexity index is 531. The van der Waals surface area contributed by atoms with Crippen LogP contribution in [0.15, 0.2) is 17.1 Å². The summed E-state index contributed by atoms with van der Waals surface area (Å²) in [6.07, 6.45) is -3.49. The summed E-state index contributed by atoms with van der Waals surface area (Å²) in [6, 6.07) is 1.59. The number of halogens is 3. The molecule has 18 heavy (non-hydrogen) atoms. The quantitative estimate of drug-likeness (QED) is 0.466. The fraction of sp³-hybridized carbons (Fsp3) is 0.273. The Morgan fingerprint density at radius 3 is 2.44 bits per heavy atom. The zero-order chi connectivity index (χ0) is 13.9. The van der Waals surface area contributed by atoms with Crippen molar-refractivity contribution in [2.75, 3.05) is 7.11 Å². The molecule has 0 heterocycles. The third kappa shape index (κ3) is 2.75. The van der Waals surface area contributed by atoms with E-state index >= 15 is 0 Å². The molecule has 0 radical (unpaired) electrons. The normalized spacial score (nSPS) is 10.7. The second kappa shape index (κ2) is 5.01. The van der Waals surface area contributed by atoms with E-state index < -0.39 is 23.4 Å². The first-order valence-electron chi connectivity index (χ1n) is 4.69. The Morgan fingerprint density at radius 1 is 1.39 bits per heavy atom. The molecule has 0 amide bonds. The third-order valence-corrected chi connectivity index (χ3v) is 2.22. The Morgan fingerprint density at radius 2 is 2.00 bits per heavy atom. The second-order valence-electron chi connectivity index (χ2n) is 3.38. The molecule has 4 nitrogen and oxygen atoms in total. The number of carbonyl (C=O) groups is 1. The molecule has 0 aromatic heterocycles. The van der Waals surface area contributed by atoms with Crippen molar-refractivity contribution in [2.24, 2.45) is 4.99 Å². The molecule has 1 rings (SSSR count). The Labute approximate surface area is 100 Å². The number of ether oxygens (including phenoxy) is 1. The molecule has 1 aromatic rings. The molecule has 0 fully saturated rings. The summed E-state index contributed by atoms with van der Waals surface area (Å²) in [5.41, 5.74) is -1.77. The molecular formula is C11H8F3NO3. The molecule has 0 bridgehead atoms. The molecule has 0 aliphatic heterocycles. The van der Waals surface area contributed by atoms with Gasteiger partial charge in [-0.25, -0.2) is 9.59 Å². The number of carbonyl (C=O) groups excluding carboxylic acids is 2. The minimum atomic E-state index is -4.59. The van der Waals surface area contributed by atoms with E-state index in [1.807, 2.05) is 0 Å². The largest absolute Gasteiger partial charge is 0.465 e. The van der Waals surface area contributed by atoms with E-state index in [0.29, 0.717) is 6.07 Å². The average Bonchev–Trinajstić information content (AvgIpc) is 2.28. The van der Waals surface area contributed by atoms with E-state index in [1.165, 1.54) is 6.92 Å². The maximum atomic E-state index is 12.6. The van der Waals surface area contributed by atoms with Crippen LogP contribution in [0.2, 0.25) is 0 Å². The van der Waals surface area contributed by atoms with Gasteiger partial charge in [0.1, 0.15) is 0 Å². The van der Waals surface area contributed by atoms with Gasteiger partial charge in [-0.2, -0.15) is 18.2 Å². The van der Waals surface area contributed by atoms with Crippen LogP contribution in [-0.2, 0) is 15.7 Å². The lowest BCUT2D eigenvalue weighted by atomic mass is 10.0. The van der Waals surface area contributed by atoms with Crippen molar-refractivity contribution in [3.8, 4) is 0 Å². The van der Waals surface area contributed by atoms with Gasteiger partial charge in [-0.15, -0.1) is 0 Å². The number of alkyl halides is 3. The SMILES string of the molecule is COC(=O)c1cc(C)c(C(F)(F)F)cc1N=C=O. The van der Waals surface area contributed by atoms with Gasteiger partial charge in [0.05, 0.1) is 23.9 Å². The number of aliphatic imine (C=N–C) groups is 1. The first kappa shape index (κ1) is 13.9. The standard InChI is InChI=1S/C11H8F3NO3/c1-6-3-7(10(17)18-2)9(15-5-16)4-8(6)11(12,13)14/h3-4H,1-2H3. The fourth-order valence-electron chi connectivity index (χ4n) is 1.42. The molecule has 0 aliphatic rings. The number of benzene rings is 1. The number of nitrogens with zero attached hydrogens (tertiary/aromatic N) is 1. The van der Waals surface area contributed by atoms with Crippen LogP contribution in [0.25, 0.3) is 0 Å². The predicted octanol–water partition coefficient (Wildman–Crippen LogP) is 2.77. The molecule has 0 atom stereocenters. The van der Waals surface area contributed by atoms with Crippen LogP contribution in [0.3, 0.4) is 0 Å². The van der Waals surface area contributed by atoms with Gasteiger partial charge in [0.2, 0.25) is 6.08 Å². The first-order valence-corrected chi connectivity index (χ1v) is 4.69. The van der Waals surface area contributed by atoms with Crippen molar-refractivity contribution in [1.82, 2.24) is 0 Å². The topological polar surface area (TPSA) is 55.7 Å². The van der Waals surface area contributed by atoms with Crippen molar-refractivity contribution in [3.05, 3.63) is 28.8 Å². The summed E-state index contributed by atoms with van der Waals surface area (Å²) in [4.78, 5) is 24.6. The van der Waals surface area contributed by atoms with Gasteiger partial charge in [-0.1, -0.05) is 0 Å². The van der Waals surface area contributed by atoms with Crippen LogP contribution in [0.1, 0.15) is 21.5 Å². The van der Waals surface area contributed by atoms with Gasteiger partial charge in [0.15, 0.2) is 0 Å². The zero-order valence-corrected chi connectivity index (χ0v) is 9.46. The van der Waals surface area contributed by atoms with Gasteiger partial charge in [0.25, 0.3) is 0 Å². The van der Waals surface area contributed by atoms with Crippen LogP contribution >= 0.6 is 0 Å². The number of rotatable bonds is 2. The van der Waals surface area contributed by atoms with Crippen LogP contribution in [-0.4, -0.2) is 19.2 Å². The molecule has 96 valence electrons. The van der Waals surface area contributed by atoms with E-state index in [2.05, 4.69) is 9.73 Å². The monoisotopic (exact) mass is 259 g/mol. The number of isocyanates is 1. The van der Waals surface area contributed by atoms with E-state index in [9.17, 15) is 22.8 Å². The molecule has 7 heteroatoms. The predicted molar refractivity (Wildman–Crippen MR) is 55.3 cm³/mol. The Balaban J connectivity index is 3.53. The molecule has 0 saturated heterocycles. The summed E-state index contributed by atoms with van der Waals surface area (Å²) in [6.45, 7) is 1.20. The average molecular weight is 259 g/mol. The van der Waals surface area contributed by atoms with Crippen LogP contribution in [0, 0.1) is 6.92 Å². The number of aryl methyl sites for hydroxylation is 1. The van der Waals surface area contributed by atoms with E-state index in [4.69, 9.17) is 0 Å². The molecule has 0 N–H and O–H groups in total. The molecule has 0 saturated carbocycles. The minimum absolute atomic E-state index is 0.159. The lowest BCUT2D eigenvalue weighted by Crippen LogP contribution is -2.10. The molecule has 0 unspecified atom stereocenters. The molecular weight excluding hydrogens is 251 g/mol. The van der Waals surface area contributed by atoms with Crippen molar-refractivity contribution in [3.63, 3.8) is 0 Å². The lowest BCUT2D eigenvalue weighted by molar-refractivity contribution is -0.138. The summed E-state index contributed by atoms with van der Waals surface area (Å²) in [7, 11) is 1.07. The third-order valence-electron chi connectivity index (χ3n) is 2.22. The number of hydrogen-bond donors (Lipinski definition) is 0. The smallest absolute Gasteiger partial charge is 0.416 e. The van der Waals surface area contributed by atoms with Crippen molar-refractivity contribution in [2.45, 2.75) is 13.1 Å². The van der Waals surface area contributed by atoms with Crippen molar-refractivity contribution < 1.29 is 27.5 Å². The Kier molecular flexibility index (Phi) is 3.88. The highest BCUT2D eigenvalue weighted by molar-refractivity contribution is 5.95. The van der Waals surface area contributed by atoms with Crippen LogP contribution in [0.4, 0.5) is 18.9 Å². The summed E-state index contributed by atoms with van der Waals surface area (Å²) in [5, 5.41) is 0. The van der Waals surface area contributed by atoms with Crippen molar-refractivity contribution >= 4 is 17.7 Å². The van der Waals surface area contributed by atoms with Gasteiger partial charge < -0.3 is 4.74 Å². The summed E-state index contributed by atoms with van der Waals surface area (Å²) in [5.74, 6) is -0.874. The second-order valence-corrected chi connectivity index (χ2v) is 3.38. The number of hydrogen-bond acceptors (Lipinski definition) is 4. The molecule has 0 spiro atoms. The van der Waals surface area contributed by atoms with E-state index in [0.717, 1.165) is 19.3 Å². The number of methoxy groups -OCH3 is 1. The molecule has 0 aliphatic carbocycles. The van der Waals surface area contributed by atoms with Gasteiger partial charge in [-0.3, -0.25) is 0 Å². The summed E-state index contributed by atoms with van der Waals surface area (Å²) < 4.78 is 42.3. The minimum Gasteiger partial charge on any atom is -0.465 e. The van der Waals surface area contributed by atoms with E-state index in [-0.39, 0.29) is 11.1 Å². The van der Waals surface area contributed by atoms with Crippen molar-refractivity contribution in [1.29, 1.82) is 0 Å². The maximum Gasteiger partial charge on any atom is 0.416 e. The van der Waals surface area contributed by atoms with Gasteiger partial charge >= 0.3 is 12.1 Å². The highest BCUT2D eigenvalue weighted by atomic mass is 19.4. The lowest BCUT2D eigenvalue weighted by Gasteiger charge is -2.12. The fourth-order valence-corrected chi connectivity index (χ4v) is 1.42. The zero-order valence-electron chi connectivity index (χ0n) is 9.46. The molecule has 1 aromatic carbocycles. The van der Waals surface area contributed by atoms with E-state index in [1.54, 1.807) is 0 Å².